The second-order valence-corrected chi connectivity index (χ2v) is 7.64. The van der Waals surface area contributed by atoms with Gasteiger partial charge in [0.2, 0.25) is 5.91 Å². The molecule has 0 spiro atoms. The highest BCUT2D eigenvalue weighted by molar-refractivity contribution is 8.18. The summed E-state index contributed by atoms with van der Waals surface area (Å²) in [5.41, 5.74) is 1.56. The third kappa shape index (κ3) is 4.55. The fourth-order valence-corrected chi connectivity index (χ4v) is 4.10. The Bertz CT molecular complexity index is 962. The second-order valence-electron chi connectivity index (χ2n) is 5.82. The van der Waals surface area contributed by atoms with Crippen LogP contribution in [0.2, 0.25) is 0 Å². The molecule has 1 fully saturated rings. The largest absolute Gasteiger partial charge is 0.353 e. The Hall–Kier alpha value is -2.65. The van der Waals surface area contributed by atoms with E-state index in [1.54, 1.807) is 18.4 Å². The third-order valence-corrected chi connectivity index (χ3v) is 5.70. The van der Waals surface area contributed by atoms with Gasteiger partial charge in [-0.25, -0.2) is 0 Å². The standard InChI is InChI=1S/C18H17N3O4S2/c1-12-11-26-17(24)21(12)10-15(22)19-7-8-20-16(23)14(27-18(20)25)9-13-5-3-2-4-6-13/h2-6,9,11H,7-8,10H2,1H3,(H,19,22). The summed E-state index contributed by atoms with van der Waals surface area (Å²) < 4.78 is 1.38. The average Bonchev–Trinajstić information content (AvgIpc) is 3.10. The molecule has 7 nitrogen and oxygen atoms in total. The van der Waals surface area contributed by atoms with Crippen LogP contribution in [0.3, 0.4) is 0 Å². The van der Waals surface area contributed by atoms with Crippen LogP contribution in [0.5, 0.6) is 0 Å². The summed E-state index contributed by atoms with van der Waals surface area (Å²) in [6.07, 6.45) is 1.68. The van der Waals surface area contributed by atoms with Crippen molar-refractivity contribution in [3.05, 3.63) is 61.5 Å². The molecule has 1 saturated heterocycles. The summed E-state index contributed by atoms with van der Waals surface area (Å²) in [6, 6.07) is 9.28. The second kappa shape index (κ2) is 8.36. The number of hydrogen-bond acceptors (Lipinski definition) is 6. The molecule has 1 N–H and O–H groups in total. The molecule has 0 bridgehead atoms. The van der Waals surface area contributed by atoms with Crippen molar-refractivity contribution < 1.29 is 14.4 Å². The van der Waals surface area contributed by atoms with Crippen molar-refractivity contribution in [3.8, 4) is 0 Å². The van der Waals surface area contributed by atoms with Crippen molar-refractivity contribution in [1.82, 2.24) is 14.8 Å². The van der Waals surface area contributed by atoms with Crippen molar-refractivity contribution in [1.29, 1.82) is 0 Å². The molecule has 27 heavy (non-hydrogen) atoms. The van der Waals surface area contributed by atoms with Crippen LogP contribution in [-0.2, 0) is 16.1 Å². The first-order chi connectivity index (χ1) is 13.0. The van der Waals surface area contributed by atoms with E-state index in [1.165, 1.54) is 4.57 Å². The van der Waals surface area contributed by atoms with Crippen LogP contribution in [0.1, 0.15) is 11.3 Å². The SMILES string of the molecule is Cc1csc(=O)n1CC(=O)NCCN1C(=O)SC(=Cc2ccccc2)C1=O. The molecule has 0 aliphatic carbocycles. The van der Waals surface area contributed by atoms with Gasteiger partial charge < -0.3 is 5.32 Å². The Balaban J connectivity index is 1.54. The summed E-state index contributed by atoms with van der Waals surface area (Å²) in [5.74, 6) is -0.710. The average molecular weight is 403 g/mol. The first kappa shape index (κ1) is 19.1. The van der Waals surface area contributed by atoms with Gasteiger partial charge in [-0.2, -0.15) is 0 Å². The predicted molar refractivity (Wildman–Crippen MR) is 105 cm³/mol. The van der Waals surface area contributed by atoms with E-state index in [9.17, 15) is 19.2 Å². The minimum absolute atomic E-state index is 0.0794. The minimum Gasteiger partial charge on any atom is -0.353 e. The molecule has 1 aromatic heterocycles. The number of carbonyl (C=O) groups is 3. The Morgan fingerprint density at radius 2 is 1.93 bits per heavy atom. The van der Waals surface area contributed by atoms with E-state index in [-0.39, 0.29) is 41.6 Å². The fraction of sp³-hybridized carbons (Fsp3) is 0.222. The molecular weight excluding hydrogens is 386 g/mol. The zero-order chi connectivity index (χ0) is 19.4. The predicted octanol–water partition coefficient (Wildman–Crippen LogP) is 2.07. The first-order valence-electron chi connectivity index (χ1n) is 8.18. The Morgan fingerprint density at radius 3 is 2.59 bits per heavy atom. The number of nitrogens with one attached hydrogen (secondary N) is 1. The van der Waals surface area contributed by atoms with Crippen LogP contribution in [0.25, 0.3) is 6.08 Å². The monoisotopic (exact) mass is 403 g/mol. The number of aromatic nitrogens is 1. The number of amides is 3. The lowest BCUT2D eigenvalue weighted by atomic mass is 10.2. The van der Waals surface area contributed by atoms with Gasteiger partial charge in [-0.1, -0.05) is 41.7 Å². The number of aryl methyl sites for hydroxylation is 1. The molecule has 3 rings (SSSR count). The Morgan fingerprint density at radius 1 is 1.19 bits per heavy atom. The van der Waals surface area contributed by atoms with Gasteiger partial charge in [-0.15, -0.1) is 0 Å². The summed E-state index contributed by atoms with van der Waals surface area (Å²) in [5, 5.41) is 3.97. The molecule has 0 atom stereocenters. The highest BCUT2D eigenvalue weighted by Gasteiger charge is 2.34. The number of nitrogens with zero attached hydrogens (tertiary/aromatic N) is 2. The third-order valence-electron chi connectivity index (χ3n) is 3.91. The maximum absolute atomic E-state index is 12.4. The number of thioether (sulfide) groups is 1. The van der Waals surface area contributed by atoms with E-state index in [0.717, 1.165) is 39.3 Å². The van der Waals surface area contributed by atoms with E-state index >= 15 is 0 Å². The highest BCUT2D eigenvalue weighted by Crippen LogP contribution is 2.31. The zero-order valence-electron chi connectivity index (χ0n) is 14.5. The summed E-state index contributed by atoms with van der Waals surface area (Å²) in [7, 11) is 0. The van der Waals surface area contributed by atoms with Gasteiger partial charge in [0.15, 0.2) is 0 Å². The van der Waals surface area contributed by atoms with Crippen LogP contribution >= 0.6 is 23.1 Å². The number of imide groups is 1. The molecule has 2 aromatic rings. The van der Waals surface area contributed by atoms with E-state index in [1.807, 2.05) is 30.3 Å². The van der Waals surface area contributed by atoms with Gasteiger partial charge in [0.05, 0.1) is 4.91 Å². The summed E-state index contributed by atoms with van der Waals surface area (Å²) >= 11 is 1.92. The summed E-state index contributed by atoms with van der Waals surface area (Å²) in [4.78, 5) is 49.4. The topological polar surface area (TPSA) is 88.5 Å². The van der Waals surface area contributed by atoms with Crippen molar-refractivity contribution in [2.75, 3.05) is 13.1 Å². The number of rotatable bonds is 6. The smallest absolute Gasteiger partial charge is 0.307 e. The summed E-state index contributed by atoms with van der Waals surface area (Å²) in [6.45, 7) is 1.89. The molecule has 0 saturated carbocycles. The lowest BCUT2D eigenvalue weighted by molar-refractivity contribution is -0.124. The maximum Gasteiger partial charge on any atom is 0.307 e. The van der Waals surface area contributed by atoms with Crippen molar-refractivity contribution >= 4 is 46.2 Å². The van der Waals surface area contributed by atoms with Crippen molar-refractivity contribution in [2.24, 2.45) is 0 Å². The molecular formula is C18H17N3O4S2. The van der Waals surface area contributed by atoms with E-state index < -0.39 is 0 Å². The number of benzene rings is 1. The van der Waals surface area contributed by atoms with Gasteiger partial charge in [-0.3, -0.25) is 28.6 Å². The molecule has 9 heteroatoms. The lowest BCUT2D eigenvalue weighted by Gasteiger charge is -2.13. The first-order valence-corrected chi connectivity index (χ1v) is 9.87. The normalized spacial score (nSPS) is 15.6. The fourth-order valence-electron chi connectivity index (χ4n) is 2.50. The Labute approximate surface area is 163 Å². The number of thiazole rings is 1. The molecule has 1 aliphatic heterocycles. The van der Waals surface area contributed by atoms with Crippen LogP contribution < -0.4 is 10.2 Å². The number of hydrogen-bond donors (Lipinski definition) is 1. The molecule has 0 radical (unpaired) electrons. The van der Waals surface area contributed by atoms with Crippen LogP contribution in [0.4, 0.5) is 4.79 Å². The molecule has 2 heterocycles. The van der Waals surface area contributed by atoms with Gasteiger partial charge in [0.1, 0.15) is 6.54 Å². The van der Waals surface area contributed by atoms with E-state index in [4.69, 9.17) is 0 Å². The Kier molecular flexibility index (Phi) is 5.92. The quantitative estimate of drug-likeness (QED) is 0.746. The minimum atomic E-state index is -0.368. The molecule has 3 amide bonds. The van der Waals surface area contributed by atoms with Crippen LogP contribution in [0, 0.1) is 6.92 Å². The maximum atomic E-state index is 12.4. The van der Waals surface area contributed by atoms with Crippen molar-refractivity contribution in [2.45, 2.75) is 13.5 Å². The van der Waals surface area contributed by atoms with E-state index in [0.29, 0.717) is 4.91 Å². The van der Waals surface area contributed by atoms with Gasteiger partial charge >= 0.3 is 4.87 Å². The van der Waals surface area contributed by atoms with Crippen LogP contribution in [-0.4, -0.2) is 39.6 Å². The molecule has 1 aromatic carbocycles. The van der Waals surface area contributed by atoms with Crippen molar-refractivity contribution in [3.63, 3.8) is 0 Å². The van der Waals surface area contributed by atoms with Gasteiger partial charge in [-0.05, 0) is 30.3 Å². The molecule has 0 unspecified atom stereocenters. The van der Waals surface area contributed by atoms with Crippen LogP contribution in [0.15, 0.2) is 45.4 Å². The van der Waals surface area contributed by atoms with Gasteiger partial charge in [0.25, 0.3) is 11.1 Å². The van der Waals surface area contributed by atoms with Gasteiger partial charge in [0, 0.05) is 24.2 Å². The van der Waals surface area contributed by atoms with E-state index in [2.05, 4.69) is 5.32 Å². The number of carbonyl (C=O) groups excluding carboxylic acids is 3. The molecule has 140 valence electrons. The lowest BCUT2D eigenvalue weighted by Crippen LogP contribution is -2.39. The zero-order valence-corrected chi connectivity index (χ0v) is 16.1. The highest BCUT2D eigenvalue weighted by atomic mass is 32.2. The molecule has 1 aliphatic rings.